The van der Waals surface area contributed by atoms with Gasteiger partial charge < -0.3 is 10.2 Å². The van der Waals surface area contributed by atoms with Crippen molar-refractivity contribution in [3.8, 4) is 22.6 Å². The molecule has 0 aliphatic heterocycles. The molecule has 0 atom stereocenters. The smallest absolute Gasteiger partial charge is 0.165 e. The van der Waals surface area contributed by atoms with Crippen LogP contribution in [0.4, 0.5) is 0 Å². The first kappa shape index (κ1) is 10.6. The number of aromatic hydroxyl groups is 2. The van der Waals surface area contributed by atoms with E-state index < -0.39 is 0 Å². The van der Waals surface area contributed by atoms with Crippen molar-refractivity contribution in [2.45, 2.75) is 13.8 Å². The molecule has 0 bridgehead atoms. The number of rotatable bonds is 1. The molecule has 0 saturated carbocycles. The monoisotopic (exact) mass is 214 g/mol. The molecule has 2 aromatic rings. The molecule has 2 nitrogen and oxygen atoms in total. The van der Waals surface area contributed by atoms with Crippen LogP contribution in [0, 0.1) is 13.8 Å². The van der Waals surface area contributed by atoms with Gasteiger partial charge in [-0.3, -0.25) is 0 Å². The van der Waals surface area contributed by atoms with Crippen LogP contribution in [0.5, 0.6) is 11.5 Å². The zero-order valence-electron chi connectivity index (χ0n) is 9.36. The van der Waals surface area contributed by atoms with Gasteiger partial charge in [-0.1, -0.05) is 35.9 Å². The van der Waals surface area contributed by atoms with Crippen molar-refractivity contribution < 1.29 is 10.2 Å². The van der Waals surface area contributed by atoms with Gasteiger partial charge in [0, 0.05) is 5.56 Å². The van der Waals surface area contributed by atoms with Gasteiger partial charge in [-0.2, -0.15) is 0 Å². The number of phenols is 2. The van der Waals surface area contributed by atoms with Crippen molar-refractivity contribution in [2.24, 2.45) is 0 Å². The molecule has 82 valence electrons. The topological polar surface area (TPSA) is 40.5 Å². The van der Waals surface area contributed by atoms with E-state index in [0.29, 0.717) is 5.56 Å². The molecular formula is C14H14O2. The average Bonchev–Trinajstić information content (AvgIpc) is 2.23. The van der Waals surface area contributed by atoms with Crippen molar-refractivity contribution in [1.82, 2.24) is 0 Å². The van der Waals surface area contributed by atoms with Gasteiger partial charge in [0.2, 0.25) is 0 Å². The third-order valence-corrected chi connectivity index (χ3v) is 2.69. The first-order valence-electron chi connectivity index (χ1n) is 5.18. The Morgan fingerprint density at radius 2 is 1.62 bits per heavy atom. The fourth-order valence-electron chi connectivity index (χ4n) is 1.86. The van der Waals surface area contributed by atoms with E-state index >= 15 is 0 Å². The van der Waals surface area contributed by atoms with Crippen molar-refractivity contribution in [1.29, 1.82) is 0 Å². The second-order valence-electron chi connectivity index (χ2n) is 3.99. The van der Waals surface area contributed by atoms with Gasteiger partial charge in [0.05, 0.1) is 0 Å². The van der Waals surface area contributed by atoms with Gasteiger partial charge in [-0.25, -0.2) is 0 Å². The lowest BCUT2D eigenvalue weighted by molar-refractivity contribution is 0.405. The van der Waals surface area contributed by atoms with E-state index in [2.05, 4.69) is 6.07 Å². The molecule has 0 amide bonds. The number of hydrogen-bond acceptors (Lipinski definition) is 2. The molecule has 0 unspecified atom stereocenters. The highest BCUT2D eigenvalue weighted by Crippen LogP contribution is 2.37. The average molecular weight is 214 g/mol. The SMILES string of the molecule is Cc1ccc(-c2cccc(O)c2O)c(C)c1. The molecule has 2 heteroatoms. The number of para-hydroxylation sites is 1. The van der Waals surface area contributed by atoms with Gasteiger partial charge >= 0.3 is 0 Å². The maximum Gasteiger partial charge on any atom is 0.165 e. The number of benzene rings is 2. The second kappa shape index (κ2) is 3.89. The van der Waals surface area contributed by atoms with E-state index in [9.17, 15) is 10.2 Å². The highest BCUT2D eigenvalue weighted by Gasteiger charge is 2.09. The van der Waals surface area contributed by atoms with Crippen molar-refractivity contribution in [3.63, 3.8) is 0 Å². The summed E-state index contributed by atoms with van der Waals surface area (Å²) < 4.78 is 0. The van der Waals surface area contributed by atoms with Crippen molar-refractivity contribution in [2.75, 3.05) is 0 Å². The lowest BCUT2D eigenvalue weighted by Gasteiger charge is -2.09. The predicted molar refractivity (Wildman–Crippen MR) is 64.7 cm³/mol. The van der Waals surface area contributed by atoms with Crippen molar-refractivity contribution >= 4 is 0 Å². The molecule has 16 heavy (non-hydrogen) atoms. The molecule has 0 aromatic heterocycles. The Morgan fingerprint density at radius 1 is 0.875 bits per heavy atom. The zero-order valence-corrected chi connectivity index (χ0v) is 9.36. The van der Waals surface area contributed by atoms with Crippen LogP contribution < -0.4 is 0 Å². The zero-order chi connectivity index (χ0) is 11.7. The van der Waals surface area contributed by atoms with Gasteiger partial charge in [0.15, 0.2) is 11.5 Å². The minimum atomic E-state index is -0.0857. The molecule has 2 N–H and O–H groups in total. The third-order valence-electron chi connectivity index (χ3n) is 2.69. The number of aryl methyl sites for hydroxylation is 2. The van der Waals surface area contributed by atoms with Gasteiger partial charge in [0.25, 0.3) is 0 Å². The molecule has 0 aliphatic rings. The van der Waals surface area contributed by atoms with Gasteiger partial charge in [-0.15, -0.1) is 0 Å². The van der Waals surface area contributed by atoms with E-state index in [1.54, 1.807) is 12.1 Å². The van der Waals surface area contributed by atoms with Crippen LogP contribution in [0.25, 0.3) is 11.1 Å². The van der Waals surface area contributed by atoms with E-state index in [0.717, 1.165) is 11.1 Å². The molecule has 0 radical (unpaired) electrons. The molecule has 0 spiro atoms. The second-order valence-corrected chi connectivity index (χ2v) is 3.99. The lowest BCUT2D eigenvalue weighted by atomic mass is 9.98. The minimum absolute atomic E-state index is 0.0607. The summed E-state index contributed by atoms with van der Waals surface area (Å²) in [5.74, 6) is -0.146. The third kappa shape index (κ3) is 1.74. The number of phenolic OH excluding ortho intramolecular Hbond substituents is 2. The predicted octanol–water partition coefficient (Wildman–Crippen LogP) is 3.38. The fraction of sp³-hybridized carbons (Fsp3) is 0.143. The minimum Gasteiger partial charge on any atom is -0.504 e. The Labute approximate surface area is 94.8 Å². The Hall–Kier alpha value is -1.96. The van der Waals surface area contributed by atoms with Crippen LogP contribution in [0.3, 0.4) is 0 Å². The molecule has 0 heterocycles. The normalized spacial score (nSPS) is 10.4. The quantitative estimate of drug-likeness (QED) is 0.714. The highest BCUT2D eigenvalue weighted by molar-refractivity contribution is 5.75. The summed E-state index contributed by atoms with van der Waals surface area (Å²) in [4.78, 5) is 0. The Bertz CT molecular complexity index is 530. The molecule has 0 saturated heterocycles. The van der Waals surface area contributed by atoms with E-state index in [4.69, 9.17) is 0 Å². The molecular weight excluding hydrogens is 200 g/mol. The highest BCUT2D eigenvalue weighted by atomic mass is 16.3. The van der Waals surface area contributed by atoms with Crippen LogP contribution in [-0.2, 0) is 0 Å². The van der Waals surface area contributed by atoms with E-state index in [1.807, 2.05) is 26.0 Å². The lowest BCUT2D eigenvalue weighted by Crippen LogP contribution is -1.85. The Morgan fingerprint density at radius 3 is 2.31 bits per heavy atom. The molecule has 2 aromatic carbocycles. The van der Waals surface area contributed by atoms with Crippen molar-refractivity contribution in [3.05, 3.63) is 47.5 Å². The van der Waals surface area contributed by atoms with E-state index in [-0.39, 0.29) is 11.5 Å². The summed E-state index contributed by atoms with van der Waals surface area (Å²) in [6.07, 6.45) is 0. The van der Waals surface area contributed by atoms with Gasteiger partial charge in [0.1, 0.15) is 0 Å². The summed E-state index contributed by atoms with van der Waals surface area (Å²) in [6.45, 7) is 4.02. The molecule has 0 fully saturated rings. The largest absolute Gasteiger partial charge is 0.504 e. The van der Waals surface area contributed by atoms with E-state index in [1.165, 1.54) is 11.6 Å². The number of hydrogen-bond donors (Lipinski definition) is 2. The van der Waals surface area contributed by atoms with Crippen LogP contribution in [-0.4, -0.2) is 10.2 Å². The van der Waals surface area contributed by atoms with Crippen LogP contribution in [0.1, 0.15) is 11.1 Å². The summed E-state index contributed by atoms with van der Waals surface area (Å²) >= 11 is 0. The first-order chi connectivity index (χ1) is 7.59. The summed E-state index contributed by atoms with van der Waals surface area (Å²) in [5, 5.41) is 19.3. The van der Waals surface area contributed by atoms with Crippen LogP contribution in [0.2, 0.25) is 0 Å². The first-order valence-corrected chi connectivity index (χ1v) is 5.18. The van der Waals surface area contributed by atoms with Crippen LogP contribution in [0.15, 0.2) is 36.4 Å². The fourth-order valence-corrected chi connectivity index (χ4v) is 1.86. The van der Waals surface area contributed by atoms with Crippen LogP contribution >= 0.6 is 0 Å². The Kier molecular flexibility index (Phi) is 2.57. The maximum absolute atomic E-state index is 9.79. The summed E-state index contributed by atoms with van der Waals surface area (Å²) in [6, 6.07) is 11.0. The standard InChI is InChI=1S/C14H14O2/c1-9-6-7-11(10(2)8-9)12-4-3-5-13(15)14(12)16/h3-8,15-16H,1-2H3. The summed E-state index contributed by atoms with van der Waals surface area (Å²) in [5.41, 5.74) is 3.87. The summed E-state index contributed by atoms with van der Waals surface area (Å²) in [7, 11) is 0. The molecule has 2 rings (SSSR count). The maximum atomic E-state index is 9.79. The Balaban J connectivity index is 2.63. The molecule has 0 aliphatic carbocycles. The van der Waals surface area contributed by atoms with Gasteiger partial charge in [-0.05, 0) is 31.0 Å².